The van der Waals surface area contributed by atoms with Crippen LogP contribution in [0.1, 0.15) is 5.56 Å². The molecular formula is C15H12Br2N2O4. The van der Waals surface area contributed by atoms with Crippen LogP contribution in [0.25, 0.3) is 0 Å². The van der Waals surface area contributed by atoms with Gasteiger partial charge in [0.2, 0.25) is 0 Å². The van der Waals surface area contributed by atoms with Crippen molar-refractivity contribution >= 4 is 44.0 Å². The van der Waals surface area contributed by atoms with E-state index >= 15 is 0 Å². The molecule has 23 heavy (non-hydrogen) atoms. The summed E-state index contributed by atoms with van der Waals surface area (Å²) in [5.74, 6) is -0.409. The number of phenolic OH excluding ortho intramolecular Hbond substituents is 2. The minimum atomic E-state index is -0.428. The third-order valence-electron chi connectivity index (χ3n) is 2.63. The van der Waals surface area contributed by atoms with E-state index in [0.29, 0.717) is 15.8 Å². The number of rotatable bonds is 5. The van der Waals surface area contributed by atoms with E-state index in [1.807, 2.05) is 6.07 Å². The lowest BCUT2D eigenvalue weighted by atomic mass is 10.2. The summed E-state index contributed by atoms with van der Waals surface area (Å²) in [6.45, 7) is -0.182. The predicted molar refractivity (Wildman–Crippen MR) is 92.8 cm³/mol. The lowest BCUT2D eigenvalue weighted by Gasteiger charge is -2.05. The Bertz CT molecular complexity index is 727. The van der Waals surface area contributed by atoms with Crippen LogP contribution in [0.4, 0.5) is 0 Å². The molecule has 120 valence electrons. The number of hydrogen-bond acceptors (Lipinski definition) is 5. The van der Waals surface area contributed by atoms with Crippen LogP contribution in [0.3, 0.4) is 0 Å². The Morgan fingerprint density at radius 1 is 1.26 bits per heavy atom. The molecule has 0 aliphatic carbocycles. The van der Waals surface area contributed by atoms with Gasteiger partial charge < -0.3 is 14.9 Å². The molecule has 1 amide bonds. The monoisotopic (exact) mass is 442 g/mol. The second-order valence-corrected chi connectivity index (χ2v) is 6.18. The quantitative estimate of drug-likeness (QED) is 0.376. The molecule has 0 bridgehead atoms. The second kappa shape index (κ2) is 7.98. The van der Waals surface area contributed by atoms with Gasteiger partial charge in [-0.15, -0.1) is 0 Å². The minimum Gasteiger partial charge on any atom is -0.504 e. The number of nitrogens with zero attached hydrogens (tertiary/aromatic N) is 1. The molecule has 3 N–H and O–H groups in total. The number of hydrazone groups is 1. The highest BCUT2D eigenvalue weighted by atomic mass is 79.9. The molecule has 0 saturated heterocycles. The van der Waals surface area contributed by atoms with Gasteiger partial charge >= 0.3 is 0 Å². The average molecular weight is 444 g/mol. The summed E-state index contributed by atoms with van der Waals surface area (Å²) in [6, 6.07) is 9.98. The smallest absolute Gasteiger partial charge is 0.277 e. The van der Waals surface area contributed by atoms with E-state index < -0.39 is 5.91 Å². The summed E-state index contributed by atoms with van der Waals surface area (Å²) >= 11 is 6.40. The van der Waals surface area contributed by atoms with Crippen molar-refractivity contribution in [3.8, 4) is 17.2 Å². The Balaban J connectivity index is 1.86. The zero-order valence-electron chi connectivity index (χ0n) is 11.7. The van der Waals surface area contributed by atoms with Gasteiger partial charge in [-0.05, 0) is 51.8 Å². The fourth-order valence-corrected chi connectivity index (χ4v) is 2.44. The van der Waals surface area contributed by atoms with E-state index in [0.717, 1.165) is 4.47 Å². The molecule has 0 heterocycles. The molecule has 8 heteroatoms. The standard InChI is InChI=1S/C15H12Br2N2O4/c16-10-2-1-3-11(6-10)23-8-14(21)19-18-7-9-4-12(17)15(22)13(20)5-9/h1-7,20,22H,8H2,(H,19,21)/b18-7+. The molecule has 2 aromatic rings. The fraction of sp³-hybridized carbons (Fsp3) is 0.0667. The summed E-state index contributed by atoms with van der Waals surface area (Å²) in [5.41, 5.74) is 2.80. The lowest BCUT2D eigenvalue weighted by molar-refractivity contribution is -0.123. The number of phenols is 2. The fourth-order valence-electron chi connectivity index (χ4n) is 1.60. The molecule has 6 nitrogen and oxygen atoms in total. The Morgan fingerprint density at radius 3 is 2.74 bits per heavy atom. The van der Waals surface area contributed by atoms with E-state index in [1.54, 1.807) is 24.3 Å². The first-order valence-corrected chi connectivity index (χ1v) is 7.96. The molecule has 0 radical (unpaired) electrons. The number of carbonyl (C=O) groups excluding carboxylic acids is 1. The van der Waals surface area contributed by atoms with Crippen LogP contribution in [0.15, 0.2) is 50.4 Å². The van der Waals surface area contributed by atoms with E-state index in [2.05, 4.69) is 42.4 Å². The van der Waals surface area contributed by atoms with Crippen LogP contribution >= 0.6 is 31.9 Å². The number of hydrogen-bond donors (Lipinski definition) is 3. The number of aromatic hydroxyl groups is 2. The molecule has 0 aliphatic rings. The second-order valence-electron chi connectivity index (χ2n) is 4.41. The molecule has 0 fully saturated rings. The van der Waals surface area contributed by atoms with Crippen LogP contribution in [0.5, 0.6) is 17.2 Å². The first kappa shape index (κ1) is 17.3. The molecule has 0 spiro atoms. The first-order chi connectivity index (χ1) is 11.0. The molecule has 0 atom stereocenters. The van der Waals surface area contributed by atoms with Crippen LogP contribution in [-0.4, -0.2) is 28.9 Å². The van der Waals surface area contributed by atoms with Crippen molar-refractivity contribution in [3.05, 3.63) is 50.9 Å². The largest absolute Gasteiger partial charge is 0.504 e. The van der Waals surface area contributed by atoms with Crippen molar-refractivity contribution in [2.75, 3.05) is 6.61 Å². The van der Waals surface area contributed by atoms with Gasteiger partial charge in [0.25, 0.3) is 5.91 Å². The number of amides is 1. The molecule has 0 aromatic heterocycles. The van der Waals surface area contributed by atoms with Crippen molar-refractivity contribution in [2.24, 2.45) is 5.10 Å². The van der Waals surface area contributed by atoms with Crippen LogP contribution in [0, 0.1) is 0 Å². The molecule has 0 aliphatic heterocycles. The SMILES string of the molecule is O=C(COc1cccc(Br)c1)N/N=C/c1cc(O)c(O)c(Br)c1. The van der Waals surface area contributed by atoms with E-state index in [4.69, 9.17) is 4.74 Å². The summed E-state index contributed by atoms with van der Waals surface area (Å²) in [4.78, 5) is 11.6. The highest BCUT2D eigenvalue weighted by Gasteiger charge is 2.06. The zero-order chi connectivity index (χ0) is 16.8. The predicted octanol–water partition coefficient (Wildman–Crippen LogP) is 3.15. The molecule has 2 aromatic carbocycles. The maximum Gasteiger partial charge on any atom is 0.277 e. The van der Waals surface area contributed by atoms with Gasteiger partial charge in [0.1, 0.15) is 5.75 Å². The van der Waals surface area contributed by atoms with Gasteiger partial charge in [0.05, 0.1) is 10.7 Å². The van der Waals surface area contributed by atoms with Crippen LogP contribution in [-0.2, 0) is 4.79 Å². The van der Waals surface area contributed by atoms with Gasteiger partial charge in [-0.25, -0.2) is 5.43 Å². The third-order valence-corrected chi connectivity index (χ3v) is 3.73. The van der Waals surface area contributed by atoms with Gasteiger partial charge in [0.15, 0.2) is 18.1 Å². The number of ether oxygens (including phenoxy) is 1. The lowest BCUT2D eigenvalue weighted by Crippen LogP contribution is -2.24. The Labute approximate surface area is 149 Å². The number of carbonyl (C=O) groups is 1. The van der Waals surface area contributed by atoms with Gasteiger partial charge in [-0.2, -0.15) is 5.10 Å². The minimum absolute atomic E-state index is 0.182. The molecule has 0 unspecified atom stereocenters. The summed E-state index contributed by atoms with van der Waals surface area (Å²) in [6.07, 6.45) is 1.33. The number of nitrogens with one attached hydrogen (secondary N) is 1. The van der Waals surface area contributed by atoms with Crippen molar-refractivity contribution in [2.45, 2.75) is 0 Å². The van der Waals surface area contributed by atoms with Crippen molar-refractivity contribution in [1.29, 1.82) is 0 Å². The Hall–Kier alpha value is -2.06. The van der Waals surface area contributed by atoms with E-state index in [-0.39, 0.29) is 18.1 Å². The number of halogens is 2. The summed E-state index contributed by atoms with van der Waals surface area (Å²) in [5, 5.41) is 22.6. The average Bonchev–Trinajstić information content (AvgIpc) is 2.50. The maximum atomic E-state index is 11.6. The summed E-state index contributed by atoms with van der Waals surface area (Å²) < 4.78 is 6.48. The van der Waals surface area contributed by atoms with Gasteiger partial charge in [-0.3, -0.25) is 4.79 Å². The summed E-state index contributed by atoms with van der Waals surface area (Å²) in [7, 11) is 0. The maximum absolute atomic E-state index is 11.6. The van der Waals surface area contributed by atoms with Gasteiger partial charge in [-0.1, -0.05) is 22.0 Å². The molecule has 2 rings (SSSR count). The highest BCUT2D eigenvalue weighted by molar-refractivity contribution is 9.10. The Kier molecular flexibility index (Phi) is 6.00. The molecule has 0 saturated carbocycles. The first-order valence-electron chi connectivity index (χ1n) is 6.37. The number of benzene rings is 2. The highest BCUT2D eigenvalue weighted by Crippen LogP contribution is 2.33. The third kappa shape index (κ3) is 5.26. The van der Waals surface area contributed by atoms with Crippen molar-refractivity contribution in [3.63, 3.8) is 0 Å². The molecular weight excluding hydrogens is 432 g/mol. The zero-order valence-corrected chi connectivity index (χ0v) is 14.8. The Morgan fingerprint density at radius 2 is 2.04 bits per heavy atom. The topological polar surface area (TPSA) is 91.2 Å². The normalized spacial score (nSPS) is 10.7. The van der Waals surface area contributed by atoms with Gasteiger partial charge in [0, 0.05) is 4.47 Å². The van der Waals surface area contributed by atoms with Crippen LogP contribution < -0.4 is 10.2 Å². The van der Waals surface area contributed by atoms with Crippen molar-refractivity contribution < 1.29 is 19.7 Å². The van der Waals surface area contributed by atoms with Crippen molar-refractivity contribution in [1.82, 2.24) is 5.43 Å². The van der Waals surface area contributed by atoms with E-state index in [1.165, 1.54) is 12.3 Å². The van der Waals surface area contributed by atoms with Crippen LogP contribution in [0.2, 0.25) is 0 Å². The van der Waals surface area contributed by atoms with E-state index in [9.17, 15) is 15.0 Å².